The van der Waals surface area contributed by atoms with E-state index in [0.717, 1.165) is 0 Å². The van der Waals surface area contributed by atoms with Crippen LogP contribution in [0.15, 0.2) is 12.3 Å². The molecule has 0 aliphatic heterocycles. The molecular weight excluding hydrogens is 141 g/mol. The van der Waals surface area contributed by atoms with Gasteiger partial charge < -0.3 is 15.4 Å². The largest absolute Gasteiger partial charge is 0.461 e. The van der Waals surface area contributed by atoms with Gasteiger partial charge in [-0.05, 0) is 5.92 Å². The molecule has 0 aliphatic rings. The Balaban J connectivity index is 4.22. The summed E-state index contributed by atoms with van der Waals surface area (Å²) >= 11 is 0. The number of rotatable bonds is 4. The van der Waals surface area contributed by atoms with Crippen LogP contribution in [0.2, 0.25) is 5.82 Å². The van der Waals surface area contributed by atoms with E-state index in [-0.39, 0.29) is 11.7 Å². The molecule has 0 aromatic heterocycles. The highest BCUT2D eigenvalue weighted by Gasteiger charge is 2.28. The van der Waals surface area contributed by atoms with Gasteiger partial charge in [0.15, 0.2) is 0 Å². The Hall–Kier alpha value is -0.475. The number of nitrogens with one attached hydrogen (secondary N) is 1. The van der Waals surface area contributed by atoms with Crippen LogP contribution in [0.5, 0.6) is 0 Å². The molecule has 0 heterocycles. The Morgan fingerprint density at radius 2 is 1.91 bits per heavy atom. The molecule has 64 valence electrons. The van der Waals surface area contributed by atoms with E-state index in [1.807, 2.05) is 13.8 Å². The fourth-order valence-electron chi connectivity index (χ4n) is 1.09. The quantitative estimate of drug-likeness (QED) is 0.511. The minimum absolute atomic E-state index is 0.176. The van der Waals surface area contributed by atoms with Gasteiger partial charge in [-0.1, -0.05) is 20.4 Å². The third-order valence-electron chi connectivity index (χ3n) is 1.76. The maximum absolute atomic E-state index is 8.94. The molecule has 0 amide bonds. The van der Waals surface area contributed by atoms with Crippen molar-refractivity contribution in [3.63, 3.8) is 0 Å². The van der Waals surface area contributed by atoms with Crippen molar-refractivity contribution in [1.29, 1.82) is 0 Å². The summed E-state index contributed by atoms with van der Waals surface area (Å²) in [4.78, 5) is 0. The molecule has 0 saturated heterocycles. The zero-order chi connectivity index (χ0) is 9.02. The van der Waals surface area contributed by atoms with Crippen LogP contribution < -0.4 is 5.32 Å². The molecule has 0 aromatic carbocycles. The zero-order valence-corrected chi connectivity index (χ0v) is 7.33. The summed E-state index contributed by atoms with van der Waals surface area (Å²) in [5, 5.41) is 20.7. The van der Waals surface area contributed by atoms with Crippen molar-refractivity contribution < 1.29 is 10.0 Å². The molecule has 0 saturated carbocycles. The molecule has 3 N–H and O–H groups in total. The van der Waals surface area contributed by atoms with Crippen LogP contribution in [-0.4, -0.2) is 24.2 Å². The lowest BCUT2D eigenvalue weighted by Gasteiger charge is -2.21. The van der Waals surface area contributed by atoms with Gasteiger partial charge in [0.25, 0.3) is 0 Å². The molecule has 0 unspecified atom stereocenters. The molecule has 1 atom stereocenters. The van der Waals surface area contributed by atoms with Crippen LogP contribution in [0.4, 0.5) is 0 Å². The van der Waals surface area contributed by atoms with E-state index in [1.54, 1.807) is 7.05 Å². The van der Waals surface area contributed by atoms with Gasteiger partial charge in [0.2, 0.25) is 0 Å². The molecule has 0 bridgehead atoms. The van der Waals surface area contributed by atoms with E-state index >= 15 is 0 Å². The predicted octanol–water partition coefficient (Wildman–Crippen LogP) is 0.218. The normalized spacial score (nSPS) is 12.9. The predicted molar refractivity (Wildman–Crippen MR) is 47.0 cm³/mol. The number of hydrogen-bond acceptors (Lipinski definition) is 3. The minimum atomic E-state index is -1.32. The third-order valence-corrected chi connectivity index (χ3v) is 1.76. The van der Waals surface area contributed by atoms with Crippen LogP contribution in [-0.2, 0) is 0 Å². The van der Waals surface area contributed by atoms with Crippen molar-refractivity contribution in [2.45, 2.75) is 19.7 Å². The van der Waals surface area contributed by atoms with E-state index in [4.69, 9.17) is 10.0 Å². The summed E-state index contributed by atoms with van der Waals surface area (Å²) in [6, 6.07) is 0. The van der Waals surface area contributed by atoms with Crippen molar-refractivity contribution in [2.75, 3.05) is 7.05 Å². The van der Waals surface area contributed by atoms with Crippen molar-refractivity contribution >= 4 is 7.12 Å². The maximum Gasteiger partial charge on any atom is 0.461 e. The van der Waals surface area contributed by atoms with Crippen LogP contribution in [0, 0.1) is 5.92 Å². The summed E-state index contributed by atoms with van der Waals surface area (Å²) < 4.78 is 0. The number of allylic oxidation sites excluding steroid dienone is 1. The lowest BCUT2D eigenvalue weighted by atomic mass is 9.65. The average molecular weight is 157 g/mol. The van der Waals surface area contributed by atoms with E-state index in [0.29, 0.717) is 5.70 Å². The average Bonchev–Trinajstić information content (AvgIpc) is 1.85. The first-order chi connectivity index (χ1) is 5.00. The summed E-state index contributed by atoms with van der Waals surface area (Å²) in [6.45, 7) is 7.53. The summed E-state index contributed by atoms with van der Waals surface area (Å²) in [5.41, 5.74) is 0.662. The molecular formula is C7H16BNO2. The highest BCUT2D eigenvalue weighted by molar-refractivity contribution is 6.44. The van der Waals surface area contributed by atoms with Crippen LogP contribution in [0.3, 0.4) is 0 Å². The smallest absolute Gasteiger partial charge is 0.427 e. The fraction of sp³-hybridized carbons (Fsp3) is 0.714. The molecule has 3 nitrogen and oxygen atoms in total. The minimum Gasteiger partial charge on any atom is -0.427 e. The lowest BCUT2D eigenvalue weighted by Crippen LogP contribution is -2.29. The standard InChI is InChI=1S/C7H16BNO2/c1-5(2)7(8(10)11)6(3)9-4/h5,7,9-11H,3H2,1-2,4H3/t7-/m1/s1. The van der Waals surface area contributed by atoms with E-state index in [2.05, 4.69) is 11.9 Å². The zero-order valence-electron chi connectivity index (χ0n) is 7.33. The number of hydrogen-bond donors (Lipinski definition) is 3. The van der Waals surface area contributed by atoms with Gasteiger partial charge in [-0.25, -0.2) is 0 Å². The lowest BCUT2D eigenvalue weighted by molar-refractivity contribution is 0.369. The van der Waals surface area contributed by atoms with Crippen molar-refractivity contribution in [3.05, 3.63) is 12.3 Å². The fourth-order valence-corrected chi connectivity index (χ4v) is 1.09. The van der Waals surface area contributed by atoms with Crippen LogP contribution in [0.1, 0.15) is 13.8 Å². The first-order valence-corrected chi connectivity index (χ1v) is 3.73. The van der Waals surface area contributed by atoms with E-state index in [1.165, 1.54) is 0 Å². The molecule has 0 spiro atoms. The van der Waals surface area contributed by atoms with Crippen LogP contribution >= 0.6 is 0 Å². The van der Waals surface area contributed by atoms with Crippen molar-refractivity contribution in [3.8, 4) is 0 Å². The Morgan fingerprint density at radius 1 is 1.45 bits per heavy atom. The molecule has 0 aliphatic carbocycles. The topological polar surface area (TPSA) is 52.5 Å². The molecule has 0 rings (SSSR count). The SMILES string of the molecule is C=C(NC)[C@H](B(O)O)C(C)C. The van der Waals surface area contributed by atoms with Crippen molar-refractivity contribution in [2.24, 2.45) is 5.92 Å². The monoisotopic (exact) mass is 157 g/mol. The summed E-state index contributed by atoms with van der Waals surface area (Å²) in [5.74, 6) is -0.116. The second-order valence-corrected chi connectivity index (χ2v) is 2.96. The third kappa shape index (κ3) is 2.95. The van der Waals surface area contributed by atoms with Gasteiger partial charge in [-0.15, -0.1) is 0 Å². The van der Waals surface area contributed by atoms with E-state index < -0.39 is 7.12 Å². The molecule has 0 fully saturated rings. The van der Waals surface area contributed by atoms with Gasteiger partial charge >= 0.3 is 7.12 Å². The van der Waals surface area contributed by atoms with E-state index in [9.17, 15) is 0 Å². The summed E-state index contributed by atoms with van der Waals surface area (Å²) in [7, 11) is 0.398. The molecule has 4 heteroatoms. The Labute approximate surface area is 68.3 Å². The second-order valence-electron chi connectivity index (χ2n) is 2.96. The highest BCUT2D eigenvalue weighted by Crippen LogP contribution is 2.24. The van der Waals surface area contributed by atoms with Gasteiger partial charge in [0, 0.05) is 18.6 Å². The molecule has 0 radical (unpaired) electrons. The van der Waals surface area contributed by atoms with Crippen molar-refractivity contribution in [1.82, 2.24) is 5.32 Å². The van der Waals surface area contributed by atoms with Gasteiger partial charge in [-0.3, -0.25) is 0 Å². The van der Waals surface area contributed by atoms with Gasteiger partial charge in [-0.2, -0.15) is 0 Å². The second kappa shape index (κ2) is 4.41. The van der Waals surface area contributed by atoms with Gasteiger partial charge in [0.1, 0.15) is 0 Å². The van der Waals surface area contributed by atoms with Crippen LogP contribution in [0.25, 0.3) is 0 Å². The highest BCUT2D eigenvalue weighted by atomic mass is 16.4. The Bertz CT molecular complexity index is 128. The summed E-state index contributed by atoms with van der Waals surface area (Å²) in [6.07, 6.45) is 0. The Kier molecular flexibility index (Phi) is 4.22. The first-order valence-electron chi connectivity index (χ1n) is 3.73. The molecule has 11 heavy (non-hydrogen) atoms. The molecule has 0 aromatic rings. The van der Waals surface area contributed by atoms with Gasteiger partial charge in [0.05, 0.1) is 0 Å². The maximum atomic E-state index is 8.94. The first kappa shape index (κ1) is 10.5. The Morgan fingerprint density at radius 3 is 2.00 bits per heavy atom.